The summed E-state index contributed by atoms with van der Waals surface area (Å²) in [6.07, 6.45) is 5.19. The molecule has 1 N–H and O–H groups in total. The van der Waals surface area contributed by atoms with Crippen LogP contribution in [0, 0.1) is 0 Å². The Balaban J connectivity index is 1.47. The topological polar surface area (TPSA) is 77.2 Å². The van der Waals surface area contributed by atoms with Crippen LogP contribution in [0.3, 0.4) is 0 Å². The van der Waals surface area contributed by atoms with Crippen molar-refractivity contribution < 1.29 is 4.74 Å². The van der Waals surface area contributed by atoms with Crippen LogP contribution in [0.5, 0.6) is 5.75 Å². The molecule has 2 heterocycles. The van der Waals surface area contributed by atoms with E-state index in [-0.39, 0.29) is 0 Å². The first kappa shape index (κ1) is 13.9. The van der Waals surface area contributed by atoms with Crippen molar-refractivity contribution in [2.24, 2.45) is 0 Å². The van der Waals surface area contributed by atoms with Gasteiger partial charge >= 0.3 is 0 Å². The van der Waals surface area contributed by atoms with Gasteiger partial charge in [-0.1, -0.05) is 18.2 Å². The molecule has 0 bridgehead atoms. The maximum atomic E-state index is 6.15. The second-order valence-electron chi connectivity index (χ2n) is 5.73. The van der Waals surface area contributed by atoms with E-state index in [0.717, 1.165) is 30.0 Å². The Labute approximate surface area is 133 Å². The van der Waals surface area contributed by atoms with Crippen molar-refractivity contribution in [3.63, 3.8) is 0 Å². The van der Waals surface area contributed by atoms with E-state index in [1.165, 1.54) is 17.5 Å². The van der Waals surface area contributed by atoms with Gasteiger partial charge in [-0.2, -0.15) is 0 Å². The summed E-state index contributed by atoms with van der Waals surface area (Å²) in [6.45, 7) is 0.642. The number of para-hydroxylation sites is 1. The van der Waals surface area contributed by atoms with E-state index in [1.54, 1.807) is 0 Å². The number of hydrogen-bond acceptors (Lipinski definition) is 6. The molecule has 2 aromatic heterocycles. The minimum Gasteiger partial charge on any atom is -0.490 e. The first-order chi connectivity index (χ1) is 11.4. The van der Waals surface area contributed by atoms with Crippen LogP contribution in [-0.2, 0) is 6.54 Å². The van der Waals surface area contributed by atoms with Crippen LogP contribution >= 0.6 is 0 Å². The molecule has 0 spiro atoms. The van der Waals surface area contributed by atoms with Gasteiger partial charge in [0.15, 0.2) is 5.65 Å². The number of tetrazole rings is 1. The molecule has 1 saturated carbocycles. The Morgan fingerprint density at radius 1 is 1.13 bits per heavy atom. The zero-order valence-corrected chi connectivity index (χ0v) is 12.7. The maximum Gasteiger partial charge on any atom is 0.200 e. The van der Waals surface area contributed by atoms with Crippen LogP contribution in [-0.4, -0.2) is 31.4 Å². The van der Waals surface area contributed by atoms with E-state index < -0.39 is 0 Å². The highest BCUT2D eigenvalue weighted by atomic mass is 16.5. The molecule has 118 valence electrons. The fourth-order valence-electron chi connectivity index (χ4n) is 2.88. The number of fused-ring (bicyclic) bond motifs is 1. The molecule has 23 heavy (non-hydrogen) atoms. The third-order valence-corrected chi connectivity index (χ3v) is 4.10. The first-order valence-electron chi connectivity index (χ1n) is 7.92. The van der Waals surface area contributed by atoms with Gasteiger partial charge in [0.1, 0.15) is 11.6 Å². The van der Waals surface area contributed by atoms with Gasteiger partial charge in [-0.05, 0) is 54.3 Å². The minimum absolute atomic E-state index is 0.354. The Kier molecular flexibility index (Phi) is 3.75. The molecule has 1 aliphatic rings. The molecule has 1 aliphatic carbocycles. The largest absolute Gasteiger partial charge is 0.490 e. The third kappa shape index (κ3) is 3.08. The van der Waals surface area contributed by atoms with Crippen LogP contribution in [0.2, 0.25) is 0 Å². The van der Waals surface area contributed by atoms with Crippen molar-refractivity contribution in [1.82, 2.24) is 25.3 Å². The summed E-state index contributed by atoms with van der Waals surface area (Å²) < 4.78 is 7.56. The van der Waals surface area contributed by atoms with Crippen LogP contribution in [0.15, 0.2) is 36.4 Å². The molecule has 4 rings (SSSR count). The van der Waals surface area contributed by atoms with Crippen molar-refractivity contribution in [2.45, 2.75) is 38.3 Å². The predicted octanol–water partition coefficient (Wildman–Crippen LogP) is 2.45. The summed E-state index contributed by atoms with van der Waals surface area (Å²) in [5.74, 6) is 1.68. The van der Waals surface area contributed by atoms with Crippen LogP contribution in [0.4, 0.5) is 5.82 Å². The average molecular weight is 310 g/mol. The number of nitrogens with zero attached hydrogens (tertiary/aromatic N) is 5. The van der Waals surface area contributed by atoms with Crippen molar-refractivity contribution in [1.29, 1.82) is 0 Å². The molecule has 1 aromatic carbocycles. The molecule has 0 aliphatic heterocycles. The maximum absolute atomic E-state index is 6.15. The minimum atomic E-state index is 0.354. The fraction of sp³-hybridized carbons (Fsp3) is 0.375. The third-order valence-electron chi connectivity index (χ3n) is 4.10. The van der Waals surface area contributed by atoms with Crippen molar-refractivity contribution in [3.8, 4) is 5.75 Å². The Hall–Kier alpha value is -2.70. The number of aromatic nitrogens is 5. The van der Waals surface area contributed by atoms with Gasteiger partial charge in [0, 0.05) is 12.1 Å². The van der Waals surface area contributed by atoms with E-state index in [2.05, 4.69) is 32.0 Å². The van der Waals surface area contributed by atoms with Gasteiger partial charge in [0.05, 0.1) is 6.10 Å². The zero-order chi connectivity index (χ0) is 15.5. The summed E-state index contributed by atoms with van der Waals surface area (Å²) in [7, 11) is 0. The Bertz CT molecular complexity index is 796. The van der Waals surface area contributed by atoms with E-state index in [0.29, 0.717) is 18.3 Å². The fourth-order valence-corrected chi connectivity index (χ4v) is 2.88. The Morgan fingerprint density at radius 2 is 2.00 bits per heavy atom. The normalized spacial score (nSPS) is 15.1. The van der Waals surface area contributed by atoms with Gasteiger partial charge < -0.3 is 10.1 Å². The van der Waals surface area contributed by atoms with Crippen molar-refractivity contribution >= 4 is 11.5 Å². The lowest BCUT2D eigenvalue weighted by molar-refractivity contribution is 0.208. The first-order valence-corrected chi connectivity index (χ1v) is 7.92. The highest BCUT2D eigenvalue weighted by Gasteiger charge is 2.17. The van der Waals surface area contributed by atoms with Crippen LogP contribution in [0.1, 0.15) is 31.2 Å². The van der Waals surface area contributed by atoms with Gasteiger partial charge in [0.2, 0.25) is 0 Å². The van der Waals surface area contributed by atoms with Gasteiger partial charge in [0.25, 0.3) is 0 Å². The van der Waals surface area contributed by atoms with E-state index in [1.807, 2.05) is 30.3 Å². The van der Waals surface area contributed by atoms with E-state index >= 15 is 0 Å². The van der Waals surface area contributed by atoms with Crippen LogP contribution < -0.4 is 10.1 Å². The number of benzene rings is 1. The van der Waals surface area contributed by atoms with Gasteiger partial charge in [-0.15, -0.1) is 14.8 Å². The number of rotatable bonds is 5. The zero-order valence-electron chi connectivity index (χ0n) is 12.7. The average Bonchev–Trinajstić information content (AvgIpc) is 3.25. The second kappa shape index (κ2) is 6.20. The molecule has 0 unspecified atom stereocenters. The highest BCUT2D eigenvalue weighted by molar-refractivity contribution is 5.44. The monoisotopic (exact) mass is 310 g/mol. The molecular formula is C16H18N6O. The summed E-state index contributed by atoms with van der Waals surface area (Å²) in [5.41, 5.74) is 1.75. The lowest BCUT2D eigenvalue weighted by atomic mass is 10.2. The summed E-state index contributed by atoms with van der Waals surface area (Å²) in [6, 6.07) is 11.8. The molecule has 7 nitrogen and oxygen atoms in total. The molecule has 1 fully saturated rings. The smallest absolute Gasteiger partial charge is 0.200 e. The predicted molar refractivity (Wildman–Crippen MR) is 85.2 cm³/mol. The lowest BCUT2D eigenvalue weighted by Crippen LogP contribution is -2.13. The molecule has 0 saturated heterocycles. The number of nitrogens with one attached hydrogen (secondary N) is 1. The molecule has 0 radical (unpaired) electrons. The Morgan fingerprint density at radius 3 is 2.91 bits per heavy atom. The number of ether oxygens (including phenoxy) is 1. The lowest BCUT2D eigenvalue weighted by Gasteiger charge is -2.16. The quantitative estimate of drug-likeness (QED) is 0.780. The number of hydrogen-bond donors (Lipinski definition) is 1. The SMILES string of the molecule is c1ccc(OC2CCCC2)c(CNc2ccc3nnnn3n2)c1. The second-order valence-corrected chi connectivity index (χ2v) is 5.73. The molecule has 7 heteroatoms. The van der Waals surface area contributed by atoms with Crippen molar-refractivity contribution in [3.05, 3.63) is 42.0 Å². The number of anilines is 1. The summed E-state index contributed by atoms with van der Waals surface area (Å²) >= 11 is 0. The molecule has 0 amide bonds. The van der Waals surface area contributed by atoms with E-state index in [4.69, 9.17) is 4.74 Å². The molecule has 3 aromatic rings. The van der Waals surface area contributed by atoms with Gasteiger partial charge in [-0.3, -0.25) is 0 Å². The summed E-state index contributed by atoms with van der Waals surface area (Å²) in [4.78, 5) is 0. The molecular weight excluding hydrogens is 292 g/mol. The summed E-state index contributed by atoms with van der Waals surface area (Å²) in [5, 5.41) is 18.8. The van der Waals surface area contributed by atoms with E-state index in [9.17, 15) is 0 Å². The highest BCUT2D eigenvalue weighted by Crippen LogP contribution is 2.27. The molecule has 0 atom stereocenters. The standard InChI is InChI=1S/C16H18N6O/c1-4-8-14(23-13-6-2-3-7-13)12(5-1)11-17-15-9-10-16-18-20-21-22(16)19-15/h1,4-5,8-10,13H,2-3,6-7,11H2,(H,17,19). The van der Waals surface area contributed by atoms with Gasteiger partial charge in [-0.25, -0.2) is 0 Å². The van der Waals surface area contributed by atoms with Crippen molar-refractivity contribution in [2.75, 3.05) is 5.32 Å². The van der Waals surface area contributed by atoms with Crippen LogP contribution in [0.25, 0.3) is 5.65 Å².